The highest BCUT2D eigenvalue weighted by Gasteiger charge is 2.36. The van der Waals surface area contributed by atoms with Crippen LogP contribution in [0.5, 0.6) is 0 Å². The monoisotopic (exact) mass is 357 g/mol. The SMILES string of the molecule is Cc1nc(CC(=O)N[C@@H]2CN(C)S(=O)(=O)c3ccsc32)cs1. The molecule has 0 aromatic carbocycles. The number of sulfonamides is 1. The molecule has 2 aromatic heterocycles. The van der Waals surface area contributed by atoms with Gasteiger partial charge in [-0.2, -0.15) is 4.31 Å². The summed E-state index contributed by atoms with van der Waals surface area (Å²) in [4.78, 5) is 17.4. The summed E-state index contributed by atoms with van der Waals surface area (Å²) in [5.74, 6) is -0.151. The van der Waals surface area contributed by atoms with E-state index in [9.17, 15) is 13.2 Å². The van der Waals surface area contributed by atoms with Gasteiger partial charge in [-0.05, 0) is 18.4 Å². The summed E-state index contributed by atoms with van der Waals surface area (Å²) in [6.07, 6.45) is 0.206. The van der Waals surface area contributed by atoms with Crippen LogP contribution in [-0.2, 0) is 21.2 Å². The Balaban J connectivity index is 1.77. The largest absolute Gasteiger partial charge is 0.347 e. The van der Waals surface area contributed by atoms with Crippen molar-refractivity contribution in [2.24, 2.45) is 0 Å². The number of aryl methyl sites for hydroxylation is 1. The van der Waals surface area contributed by atoms with Crippen LogP contribution >= 0.6 is 22.7 Å². The van der Waals surface area contributed by atoms with Crippen molar-refractivity contribution in [3.05, 3.63) is 32.4 Å². The first-order chi connectivity index (χ1) is 10.4. The molecule has 0 fully saturated rings. The van der Waals surface area contributed by atoms with Crippen molar-refractivity contribution in [1.82, 2.24) is 14.6 Å². The average molecular weight is 357 g/mol. The molecule has 2 aromatic rings. The number of rotatable bonds is 3. The molecule has 0 unspecified atom stereocenters. The third kappa shape index (κ3) is 2.81. The smallest absolute Gasteiger partial charge is 0.244 e. The minimum Gasteiger partial charge on any atom is -0.347 e. The topological polar surface area (TPSA) is 79.4 Å². The summed E-state index contributed by atoms with van der Waals surface area (Å²) in [6, 6.07) is 1.28. The lowest BCUT2D eigenvalue weighted by molar-refractivity contribution is -0.121. The Kier molecular flexibility index (Phi) is 4.06. The van der Waals surface area contributed by atoms with E-state index in [1.807, 2.05) is 12.3 Å². The molecule has 118 valence electrons. The van der Waals surface area contributed by atoms with Crippen molar-refractivity contribution in [2.75, 3.05) is 13.6 Å². The Hall–Kier alpha value is -1.29. The minimum atomic E-state index is -3.42. The van der Waals surface area contributed by atoms with E-state index in [4.69, 9.17) is 0 Å². The van der Waals surface area contributed by atoms with E-state index in [1.165, 1.54) is 34.0 Å². The highest BCUT2D eigenvalue weighted by Crippen LogP contribution is 2.35. The third-order valence-corrected chi connectivity index (χ3v) is 7.31. The number of nitrogens with zero attached hydrogens (tertiary/aromatic N) is 2. The maximum Gasteiger partial charge on any atom is 0.244 e. The number of aromatic nitrogens is 1. The van der Waals surface area contributed by atoms with E-state index in [1.54, 1.807) is 11.4 Å². The average Bonchev–Trinajstić information content (AvgIpc) is 3.06. The zero-order valence-electron chi connectivity index (χ0n) is 12.1. The first-order valence-corrected chi connectivity index (χ1v) is 9.82. The fraction of sp³-hybridized carbons (Fsp3) is 0.385. The number of likely N-dealkylation sites (N-methyl/N-ethyl adjacent to an activating group) is 1. The molecular formula is C13H15N3O3S3. The molecular weight excluding hydrogens is 342 g/mol. The van der Waals surface area contributed by atoms with Gasteiger partial charge in [-0.1, -0.05) is 0 Å². The maximum atomic E-state index is 12.2. The van der Waals surface area contributed by atoms with Gasteiger partial charge in [0, 0.05) is 23.8 Å². The van der Waals surface area contributed by atoms with Gasteiger partial charge in [0.25, 0.3) is 0 Å². The van der Waals surface area contributed by atoms with Crippen molar-refractivity contribution in [3.8, 4) is 0 Å². The van der Waals surface area contributed by atoms with E-state index in [0.717, 1.165) is 10.7 Å². The number of thiazole rings is 1. The molecule has 0 radical (unpaired) electrons. The molecule has 22 heavy (non-hydrogen) atoms. The molecule has 6 nitrogen and oxygen atoms in total. The quantitative estimate of drug-likeness (QED) is 0.904. The summed E-state index contributed by atoms with van der Waals surface area (Å²) in [5.41, 5.74) is 0.739. The van der Waals surface area contributed by atoms with E-state index in [2.05, 4.69) is 10.3 Å². The number of amides is 1. The molecule has 0 spiro atoms. The molecule has 3 heterocycles. The molecule has 1 aliphatic rings. The second-order valence-electron chi connectivity index (χ2n) is 5.09. The van der Waals surface area contributed by atoms with Crippen LogP contribution in [0.1, 0.15) is 21.6 Å². The second-order valence-corrected chi connectivity index (χ2v) is 9.11. The summed E-state index contributed by atoms with van der Waals surface area (Å²) in [6.45, 7) is 2.14. The van der Waals surface area contributed by atoms with Crippen LogP contribution in [0, 0.1) is 6.92 Å². The molecule has 9 heteroatoms. The second kappa shape index (κ2) is 5.73. The van der Waals surface area contributed by atoms with Crippen molar-refractivity contribution in [3.63, 3.8) is 0 Å². The number of thiophene rings is 1. The predicted molar refractivity (Wildman–Crippen MR) is 85.6 cm³/mol. The lowest BCUT2D eigenvalue weighted by atomic mass is 10.2. The van der Waals surface area contributed by atoms with Gasteiger partial charge in [0.2, 0.25) is 15.9 Å². The van der Waals surface area contributed by atoms with Gasteiger partial charge >= 0.3 is 0 Å². The number of nitrogens with one attached hydrogen (secondary N) is 1. The van der Waals surface area contributed by atoms with Crippen LogP contribution in [0.4, 0.5) is 0 Å². The molecule has 1 amide bonds. The number of carbonyl (C=O) groups is 1. The Morgan fingerprint density at radius 2 is 2.27 bits per heavy atom. The van der Waals surface area contributed by atoms with Gasteiger partial charge in [0.1, 0.15) is 0 Å². The number of hydrogen-bond donors (Lipinski definition) is 1. The van der Waals surface area contributed by atoms with E-state index in [-0.39, 0.29) is 24.9 Å². The lowest BCUT2D eigenvalue weighted by Crippen LogP contribution is -2.43. The van der Waals surface area contributed by atoms with Crippen LogP contribution in [0.2, 0.25) is 0 Å². The summed E-state index contributed by atoms with van der Waals surface area (Å²) in [5, 5.41) is 7.44. The van der Waals surface area contributed by atoms with Crippen LogP contribution in [-0.4, -0.2) is 37.2 Å². The fourth-order valence-electron chi connectivity index (χ4n) is 2.39. The first-order valence-electron chi connectivity index (χ1n) is 6.62. The van der Waals surface area contributed by atoms with E-state index >= 15 is 0 Å². The Labute approximate surface area is 136 Å². The van der Waals surface area contributed by atoms with Crippen molar-refractivity contribution < 1.29 is 13.2 Å². The van der Waals surface area contributed by atoms with E-state index < -0.39 is 10.0 Å². The molecule has 1 N–H and O–H groups in total. The normalized spacial score (nSPS) is 20.5. The highest BCUT2D eigenvalue weighted by molar-refractivity contribution is 7.89. The Bertz CT molecular complexity index is 809. The zero-order valence-corrected chi connectivity index (χ0v) is 14.5. The minimum absolute atomic E-state index is 0.151. The van der Waals surface area contributed by atoms with Crippen LogP contribution < -0.4 is 5.32 Å². The van der Waals surface area contributed by atoms with Gasteiger partial charge in [-0.15, -0.1) is 22.7 Å². The Morgan fingerprint density at radius 1 is 1.50 bits per heavy atom. The van der Waals surface area contributed by atoms with Crippen molar-refractivity contribution in [1.29, 1.82) is 0 Å². The van der Waals surface area contributed by atoms with Gasteiger partial charge in [-0.3, -0.25) is 4.79 Å². The number of fused-ring (bicyclic) bond motifs is 1. The van der Waals surface area contributed by atoms with Crippen LogP contribution in [0.3, 0.4) is 0 Å². The lowest BCUT2D eigenvalue weighted by Gasteiger charge is -2.29. The maximum absolute atomic E-state index is 12.2. The van der Waals surface area contributed by atoms with Gasteiger partial charge in [0.05, 0.1) is 28.1 Å². The highest BCUT2D eigenvalue weighted by atomic mass is 32.2. The molecule has 1 aliphatic heterocycles. The standard InChI is InChI=1S/C13H15N3O3S3/c1-8-14-9(7-21-8)5-12(17)15-10-6-16(2)22(18,19)11-3-4-20-13(10)11/h3-4,7,10H,5-6H2,1-2H3,(H,15,17)/t10-/m1/s1. The van der Waals surface area contributed by atoms with Crippen LogP contribution in [0.15, 0.2) is 21.7 Å². The fourth-order valence-corrected chi connectivity index (χ4v) is 5.70. The molecule has 0 saturated carbocycles. The zero-order chi connectivity index (χ0) is 15.9. The van der Waals surface area contributed by atoms with Crippen molar-refractivity contribution >= 4 is 38.6 Å². The van der Waals surface area contributed by atoms with E-state index in [0.29, 0.717) is 9.77 Å². The predicted octanol–water partition coefficient (Wildman–Crippen LogP) is 1.55. The van der Waals surface area contributed by atoms with Crippen LogP contribution in [0.25, 0.3) is 0 Å². The summed E-state index contributed by atoms with van der Waals surface area (Å²) < 4.78 is 25.7. The molecule has 0 aliphatic carbocycles. The molecule has 1 atom stereocenters. The number of hydrogen-bond acceptors (Lipinski definition) is 6. The van der Waals surface area contributed by atoms with Crippen molar-refractivity contribution in [2.45, 2.75) is 24.3 Å². The van der Waals surface area contributed by atoms with Gasteiger partial charge < -0.3 is 5.32 Å². The number of carbonyl (C=O) groups excluding carboxylic acids is 1. The summed E-state index contributed by atoms with van der Waals surface area (Å²) in [7, 11) is -1.89. The van der Waals surface area contributed by atoms with Gasteiger partial charge in [0.15, 0.2) is 0 Å². The summed E-state index contributed by atoms with van der Waals surface area (Å²) >= 11 is 2.86. The first kappa shape index (κ1) is 15.6. The molecule has 3 rings (SSSR count). The third-order valence-electron chi connectivity index (χ3n) is 3.45. The molecule has 0 saturated heterocycles. The Morgan fingerprint density at radius 3 is 2.95 bits per heavy atom. The molecule has 0 bridgehead atoms. The van der Waals surface area contributed by atoms with Gasteiger partial charge in [-0.25, -0.2) is 13.4 Å².